The molecular formula is C37H48ClN7O5. The summed E-state index contributed by atoms with van der Waals surface area (Å²) in [5.74, 6) is 1.06. The summed E-state index contributed by atoms with van der Waals surface area (Å²) in [6.07, 6.45) is 6.54. The van der Waals surface area contributed by atoms with Gasteiger partial charge in [0.1, 0.15) is 11.4 Å². The van der Waals surface area contributed by atoms with Crippen LogP contribution in [0.1, 0.15) is 64.7 Å². The van der Waals surface area contributed by atoms with Crippen molar-refractivity contribution in [2.45, 2.75) is 84.2 Å². The number of carbonyl (C=O) groups excluding carboxylic acids is 1. The molecule has 7 rings (SSSR count). The van der Waals surface area contributed by atoms with Crippen molar-refractivity contribution in [3.8, 4) is 16.9 Å². The summed E-state index contributed by atoms with van der Waals surface area (Å²) in [4.78, 5) is 37.8. The maximum atomic E-state index is 14.2. The molecule has 1 amide bonds. The van der Waals surface area contributed by atoms with E-state index in [0.29, 0.717) is 60.4 Å². The Labute approximate surface area is 297 Å². The van der Waals surface area contributed by atoms with E-state index in [0.717, 1.165) is 72.7 Å². The lowest BCUT2D eigenvalue weighted by Gasteiger charge is -2.36. The van der Waals surface area contributed by atoms with Crippen LogP contribution in [0.4, 0.5) is 10.6 Å². The second-order valence-corrected chi connectivity index (χ2v) is 15.2. The summed E-state index contributed by atoms with van der Waals surface area (Å²) in [6.45, 7) is 11.7. The van der Waals surface area contributed by atoms with E-state index in [1.807, 2.05) is 37.7 Å². The van der Waals surface area contributed by atoms with Crippen molar-refractivity contribution < 1.29 is 19.0 Å². The quantitative estimate of drug-likeness (QED) is 0.231. The first-order chi connectivity index (χ1) is 23.9. The Hall–Kier alpha value is -3.87. The van der Waals surface area contributed by atoms with Crippen LogP contribution < -0.4 is 15.3 Å². The average Bonchev–Trinajstić information content (AvgIpc) is 3.71. The van der Waals surface area contributed by atoms with E-state index in [2.05, 4.69) is 35.9 Å². The maximum Gasteiger partial charge on any atom is 0.410 e. The number of likely N-dealkylation sites (tertiary alicyclic amines) is 1. The second-order valence-electron chi connectivity index (χ2n) is 14.8. The zero-order valence-electron chi connectivity index (χ0n) is 30.0. The Morgan fingerprint density at radius 1 is 1.04 bits per heavy atom. The molecule has 0 saturated carbocycles. The molecule has 4 aromatic rings. The van der Waals surface area contributed by atoms with Crippen LogP contribution >= 0.6 is 11.6 Å². The minimum absolute atomic E-state index is 0.122. The first kappa shape index (κ1) is 34.6. The Balaban J connectivity index is 1.38. The number of hydrogen-bond acceptors (Lipinski definition) is 9. The van der Waals surface area contributed by atoms with Crippen molar-refractivity contribution in [2.75, 3.05) is 58.4 Å². The number of piperazine rings is 1. The Kier molecular flexibility index (Phi) is 9.46. The molecule has 3 aliphatic rings. The molecular weight excluding hydrogens is 658 g/mol. The summed E-state index contributed by atoms with van der Waals surface area (Å²) < 4.78 is 21.8. The van der Waals surface area contributed by atoms with Gasteiger partial charge in [-0.2, -0.15) is 10.1 Å². The average molecular weight is 706 g/mol. The molecule has 13 heteroatoms. The van der Waals surface area contributed by atoms with Gasteiger partial charge in [-0.1, -0.05) is 17.7 Å². The molecule has 0 aliphatic carbocycles. The van der Waals surface area contributed by atoms with Gasteiger partial charge in [0, 0.05) is 67.3 Å². The number of halogens is 1. The van der Waals surface area contributed by atoms with Gasteiger partial charge in [-0.05, 0) is 91.1 Å². The number of likely N-dealkylation sites (N-methyl/N-ethyl adjacent to an activating group) is 1. The van der Waals surface area contributed by atoms with Gasteiger partial charge in [-0.15, -0.1) is 0 Å². The number of rotatable bonds is 6. The number of hydrogen-bond donors (Lipinski definition) is 0. The number of aryl methyl sites for hydroxylation is 1. The molecule has 0 bridgehead atoms. The van der Waals surface area contributed by atoms with E-state index in [-0.39, 0.29) is 24.1 Å². The van der Waals surface area contributed by atoms with Crippen LogP contribution in [0.3, 0.4) is 0 Å². The van der Waals surface area contributed by atoms with Crippen LogP contribution in [0.15, 0.2) is 29.2 Å². The molecule has 2 unspecified atom stereocenters. The topological polar surface area (TPSA) is 107 Å². The monoisotopic (exact) mass is 705 g/mol. The van der Waals surface area contributed by atoms with Crippen LogP contribution in [0, 0.1) is 6.92 Å². The largest absolute Gasteiger partial charge is 0.494 e. The van der Waals surface area contributed by atoms with Gasteiger partial charge < -0.3 is 28.9 Å². The number of benzene rings is 2. The third kappa shape index (κ3) is 6.41. The smallest absolute Gasteiger partial charge is 0.410 e. The Bertz CT molecular complexity index is 1970. The summed E-state index contributed by atoms with van der Waals surface area (Å²) in [6, 6.07) is 6.29. The van der Waals surface area contributed by atoms with Crippen molar-refractivity contribution in [1.82, 2.24) is 29.1 Å². The summed E-state index contributed by atoms with van der Waals surface area (Å²) in [5.41, 5.74) is 3.34. The number of methoxy groups -OCH3 is 1. The standard InChI is InChI=1S/C37H48ClN7O5/c1-23-12-13-28-26(21-39-45(28)29-11-7-8-19-49-29)30(23)31-27(38)20-25-32(33(31)48-6)44(22-24-10-9-14-41(24)5)35(46)40-34(25)42-15-17-43(18-16-42)36(47)50-37(2,3)4/h12-13,20-21,24,29H,7-11,14-19,22H2,1-6H3. The van der Waals surface area contributed by atoms with Crippen LogP contribution in [0.5, 0.6) is 5.75 Å². The highest BCUT2D eigenvalue weighted by atomic mass is 35.5. The van der Waals surface area contributed by atoms with Crippen molar-refractivity contribution in [3.63, 3.8) is 0 Å². The van der Waals surface area contributed by atoms with Gasteiger partial charge in [0.2, 0.25) is 0 Å². The molecule has 5 heterocycles. The summed E-state index contributed by atoms with van der Waals surface area (Å²) in [5, 5.41) is 6.97. The fourth-order valence-corrected chi connectivity index (χ4v) is 8.05. The number of anilines is 1. The van der Waals surface area contributed by atoms with E-state index in [9.17, 15) is 9.59 Å². The maximum absolute atomic E-state index is 14.2. The molecule has 0 N–H and O–H groups in total. The number of nitrogens with zero attached hydrogens (tertiary/aromatic N) is 7. The van der Waals surface area contributed by atoms with Gasteiger partial charge in [0.25, 0.3) is 0 Å². The lowest BCUT2D eigenvalue weighted by atomic mass is 9.94. The number of carbonyl (C=O) groups is 1. The van der Waals surface area contributed by atoms with Crippen molar-refractivity contribution in [1.29, 1.82) is 0 Å². The molecule has 268 valence electrons. The van der Waals surface area contributed by atoms with E-state index in [4.69, 9.17) is 35.9 Å². The van der Waals surface area contributed by atoms with Gasteiger partial charge in [0.05, 0.1) is 29.4 Å². The molecule has 3 aliphatic heterocycles. The molecule has 0 spiro atoms. The molecule has 12 nitrogen and oxygen atoms in total. The number of aromatic nitrogens is 4. The molecule has 0 radical (unpaired) electrons. The van der Waals surface area contributed by atoms with Gasteiger partial charge in [-0.3, -0.25) is 4.57 Å². The fourth-order valence-electron chi connectivity index (χ4n) is 7.76. The van der Waals surface area contributed by atoms with E-state index in [1.54, 1.807) is 16.6 Å². The lowest BCUT2D eigenvalue weighted by Crippen LogP contribution is -2.50. The van der Waals surface area contributed by atoms with Gasteiger partial charge >= 0.3 is 11.8 Å². The Morgan fingerprint density at radius 2 is 1.82 bits per heavy atom. The third-order valence-electron chi connectivity index (χ3n) is 10.3. The first-order valence-corrected chi connectivity index (χ1v) is 18.2. The highest BCUT2D eigenvalue weighted by Gasteiger charge is 2.32. The Morgan fingerprint density at radius 3 is 2.48 bits per heavy atom. The number of fused-ring (bicyclic) bond motifs is 2. The highest BCUT2D eigenvalue weighted by Crippen LogP contribution is 2.47. The van der Waals surface area contributed by atoms with Gasteiger partial charge in [-0.25, -0.2) is 14.3 Å². The minimum atomic E-state index is -0.583. The number of ether oxygens (including phenoxy) is 3. The molecule has 2 aromatic heterocycles. The van der Waals surface area contributed by atoms with Crippen molar-refractivity contribution in [2.24, 2.45) is 0 Å². The summed E-state index contributed by atoms with van der Waals surface area (Å²) in [7, 11) is 3.74. The minimum Gasteiger partial charge on any atom is -0.494 e. The zero-order valence-corrected chi connectivity index (χ0v) is 30.8. The number of amides is 1. The first-order valence-electron chi connectivity index (χ1n) is 17.8. The predicted octanol–water partition coefficient (Wildman–Crippen LogP) is 6.23. The fraction of sp³-hybridized carbons (Fsp3) is 0.568. The van der Waals surface area contributed by atoms with Crippen LogP contribution in [-0.2, 0) is 16.0 Å². The SMILES string of the molecule is COc1c(-c2c(C)ccc3c2cnn3C2CCCCO2)c(Cl)cc2c(N3CCN(C(=O)OC(C)(C)C)CC3)nc(=O)n(CC3CCCN3C)c12. The molecule has 3 saturated heterocycles. The zero-order chi connectivity index (χ0) is 35.3. The molecule has 2 aromatic carbocycles. The van der Waals surface area contributed by atoms with Gasteiger partial charge in [0.15, 0.2) is 12.0 Å². The van der Waals surface area contributed by atoms with Crippen LogP contribution in [-0.4, -0.2) is 100 Å². The van der Waals surface area contributed by atoms with Crippen LogP contribution in [0.25, 0.3) is 32.9 Å². The molecule has 2 atom stereocenters. The molecule has 50 heavy (non-hydrogen) atoms. The third-order valence-corrected chi connectivity index (χ3v) is 10.6. The van der Waals surface area contributed by atoms with E-state index >= 15 is 0 Å². The highest BCUT2D eigenvalue weighted by molar-refractivity contribution is 6.35. The summed E-state index contributed by atoms with van der Waals surface area (Å²) >= 11 is 7.33. The predicted molar refractivity (Wildman–Crippen MR) is 196 cm³/mol. The second kappa shape index (κ2) is 13.7. The lowest BCUT2D eigenvalue weighted by molar-refractivity contribution is -0.0366. The van der Waals surface area contributed by atoms with E-state index < -0.39 is 5.60 Å². The van der Waals surface area contributed by atoms with E-state index in [1.165, 1.54) is 0 Å². The van der Waals surface area contributed by atoms with Crippen molar-refractivity contribution >= 4 is 45.3 Å². The van der Waals surface area contributed by atoms with Crippen molar-refractivity contribution in [3.05, 3.63) is 45.5 Å². The molecule has 3 fully saturated rings. The van der Waals surface area contributed by atoms with Crippen LogP contribution in [0.2, 0.25) is 5.02 Å². The normalized spacial score (nSPS) is 20.6.